The van der Waals surface area contributed by atoms with Crippen molar-refractivity contribution < 1.29 is 8.78 Å². The molecule has 3 atom stereocenters. The van der Waals surface area contributed by atoms with Crippen molar-refractivity contribution in [3.05, 3.63) is 45.3 Å². The Labute approximate surface area is 156 Å². The summed E-state index contributed by atoms with van der Waals surface area (Å²) in [5.74, 6) is -3.57. The lowest BCUT2D eigenvalue weighted by Crippen LogP contribution is -2.26. The van der Waals surface area contributed by atoms with Crippen LogP contribution in [0.3, 0.4) is 0 Å². The van der Waals surface area contributed by atoms with Crippen LogP contribution in [0.4, 0.5) is 8.78 Å². The van der Waals surface area contributed by atoms with E-state index in [-0.39, 0.29) is 17.3 Å². The van der Waals surface area contributed by atoms with Crippen molar-refractivity contribution in [1.82, 2.24) is 19.5 Å². The minimum Gasteiger partial charge on any atom is -0.267 e. The van der Waals surface area contributed by atoms with Gasteiger partial charge in [-0.05, 0) is 30.7 Å². The Hall–Kier alpha value is -2.73. The number of halogens is 2. The second-order valence-corrected chi connectivity index (χ2v) is 8.02. The van der Waals surface area contributed by atoms with Crippen LogP contribution in [0.25, 0.3) is 15.9 Å². The fourth-order valence-electron chi connectivity index (χ4n) is 4.14. The molecule has 1 unspecified atom stereocenters. The molecule has 136 valence electrons. The van der Waals surface area contributed by atoms with E-state index in [1.54, 1.807) is 0 Å². The lowest BCUT2D eigenvalue weighted by Gasteiger charge is -2.19. The highest BCUT2D eigenvalue weighted by molar-refractivity contribution is 7.17. The van der Waals surface area contributed by atoms with Crippen LogP contribution in [0.15, 0.2) is 22.6 Å². The first kappa shape index (κ1) is 16.4. The highest BCUT2D eigenvalue weighted by Gasteiger charge is 2.71. The maximum atomic E-state index is 13.6. The molecule has 27 heavy (non-hydrogen) atoms. The molecule has 2 aliphatic carbocycles. The molecular weight excluding hydrogens is 372 g/mol. The largest absolute Gasteiger partial charge is 0.276 e. The van der Waals surface area contributed by atoms with Crippen LogP contribution < -0.4 is 5.56 Å². The third kappa shape index (κ3) is 2.26. The van der Waals surface area contributed by atoms with Crippen LogP contribution in [0.2, 0.25) is 0 Å². The third-order valence-electron chi connectivity index (χ3n) is 5.60. The number of hydrogen-bond donors (Lipinski definition) is 0. The average Bonchev–Trinajstić information content (AvgIpc) is 3.07. The van der Waals surface area contributed by atoms with Crippen LogP contribution in [0.1, 0.15) is 36.0 Å². The van der Waals surface area contributed by atoms with Crippen LogP contribution in [-0.4, -0.2) is 25.4 Å². The molecule has 0 bridgehead atoms. The van der Waals surface area contributed by atoms with Gasteiger partial charge in [0, 0.05) is 17.8 Å². The van der Waals surface area contributed by atoms with Gasteiger partial charge in [-0.2, -0.15) is 5.26 Å². The number of aryl methyl sites for hydroxylation is 1. The molecule has 3 aromatic heterocycles. The van der Waals surface area contributed by atoms with Gasteiger partial charge in [0.05, 0.1) is 23.6 Å². The van der Waals surface area contributed by atoms with Gasteiger partial charge in [0.1, 0.15) is 16.6 Å². The molecule has 3 heterocycles. The minimum absolute atomic E-state index is 0.00360. The van der Waals surface area contributed by atoms with Crippen molar-refractivity contribution in [2.45, 2.75) is 31.6 Å². The predicted octanol–water partition coefficient (Wildman–Crippen LogP) is 3.18. The van der Waals surface area contributed by atoms with Crippen LogP contribution in [-0.2, 0) is 0 Å². The second-order valence-electron chi connectivity index (χ2n) is 7.14. The molecule has 5 rings (SSSR count). The summed E-state index contributed by atoms with van der Waals surface area (Å²) in [4.78, 5) is 25.7. The zero-order valence-electron chi connectivity index (χ0n) is 14.2. The van der Waals surface area contributed by atoms with E-state index in [0.29, 0.717) is 34.6 Å². The quantitative estimate of drug-likeness (QED) is 0.676. The summed E-state index contributed by atoms with van der Waals surface area (Å²) >= 11 is 1.31. The Morgan fingerprint density at radius 3 is 2.59 bits per heavy atom. The van der Waals surface area contributed by atoms with Gasteiger partial charge in [0.2, 0.25) is 5.82 Å². The van der Waals surface area contributed by atoms with Crippen molar-refractivity contribution in [2.75, 3.05) is 0 Å². The molecular formula is C18H13F2N5OS. The summed E-state index contributed by atoms with van der Waals surface area (Å²) < 4.78 is 29.2. The zero-order chi connectivity index (χ0) is 18.9. The molecule has 6 nitrogen and oxygen atoms in total. The third-order valence-corrected chi connectivity index (χ3v) is 6.67. The number of thiophene rings is 1. The van der Waals surface area contributed by atoms with Gasteiger partial charge in [0.25, 0.3) is 11.5 Å². The molecule has 9 heteroatoms. The fourth-order valence-corrected chi connectivity index (χ4v) is 5.06. The molecule has 0 amide bonds. The molecule has 2 aliphatic rings. The Morgan fingerprint density at radius 1 is 1.30 bits per heavy atom. The fraction of sp³-hybridized carbons (Fsp3) is 0.389. The van der Waals surface area contributed by atoms with Gasteiger partial charge in [-0.15, -0.1) is 11.3 Å². The van der Waals surface area contributed by atoms with Crippen LogP contribution >= 0.6 is 11.3 Å². The smallest absolute Gasteiger partial charge is 0.267 e. The number of alkyl halides is 2. The van der Waals surface area contributed by atoms with Gasteiger partial charge in [-0.3, -0.25) is 9.36 Å². The van der Waals surface area contributed by atoms with Gasteiger partial charge >= 0.3 is 0 Å². The maximum Gasteiger partial charge on any atom is 0.276 e. The molecule has 2 saturated carbocycles. The molecule has 0 N–H and O–H groups in total. The minimum atomic E-state index is -2.58. The van der Waals surface area contributed by atoms with Crippen molar-refractivity contribution in [3.63, 3.8) is 0 Å². The lowest BCUT2D eigenvalue weighted by molar-refractivity contribution is 0.0689. The van der Waals surface area contributed by atoms with E-state index in [0.717, 1.165) is 5.56 Å². The summed E-state index contributed by atoms with van der Waals surface area (Å²) in [6, 6.07) is 1.84. The van der Waals surface area contributed by atoms with Gasteiger partial charge in [-0.25, -0.2) is 23.7 Å². The maximum absolute atomic E-state index is 13.6. The first-order chi connectivity index (χ1) is 12.9. The van der Waals surface area contributed by atoms with Gasteiger partial charge in [-0.1, -0.05) is 0 Å². The summed E-state index contributed by atoms with van der Waals surface area (Å²) in [6.45, 7) is 1.88. The Kier molecular flexibility index (Phi) is 3.28. The normalized spacial score (nSPS) is 25.3. The highest BCUT2D eigenvalue weighted by Crippen LogP contribution is 2.67. The van der Waals surface area contributed by atoms with Crippen LogP contribution in [0, 0.1) is 30.1 Å². The molecule has 0 radical (unpaired) electrons. The van der Waals surface area contributed by atoms with E-state index in [9.17, 15) is 13.6 Å². The number of nitrogens with zero attached hydrogens (tertiary/aromatic N) is 5. The first-order valence-corrected chi connectivity index (χ1v) is 9.41. The highest BCUT2D eigenvalue weighted by atomic mass is 32.1. The van der Waals surface area contributed by atoms with Crippen molar-refractivity contribution in [2.24, 2.45) is 11.8 Å². The van der Waals surface area contributed by atoms with E-state index in [4.69, 9.17) is 10.2 Å². The topological polar surface area (TPSA) is 84.5 Å². The van der Waals surface area contributed by atoms with Crippen LogP contribution in [0.5, 0.6) is 0 Å². The number of fused-ring (bicyclic) bond motifs is 2. The number of aromatic nitrogens is 4. The van der Waals surface area contributed by atoms with Gasteiger partial charge < -0.3 is 0 Å². The van der Waals surface area contributed by atoms with E-state index < -0.39 is 17.8 Å². The Morgan fingerprint density at radius 2 is 1.96 bits per heavy atom. The number of hydrogen-bond acceptors (Lipinski definition) is 6. The molecule has 0 spiro atoms. The van der Waals surface area contributed by atoms with Crippen molar-refractivity contribution in [1.29, 1.82) is 5.26 Å². The summed E-state index contributed by atoms with van der Waals surface area (Å²) in [7, 11) is 0. The SMILES string of the molecule is Cc1csc2c(=O)n(-c3cnc(C#N)nc3)c(C3C[C@@H]4[C@H](C3)C4(F)F)nc12. The van der Waals surface area contributed by atoms with E-state index in [1.807, 2.05) is 18.4 Å². The Balaban J connectivity index is 1.69. The van der Waals surface area contributed by atoms with Crippen molar-refractivity contribution in [3.8, 4) is 11.8 Å². The van der Waals surface area contributed by atoms with Gasteiger partial charge in [0.15, 0.2) is 0 Å². The van der Waals surface area contributed by atoms with E-state index in [1.165, 1.54) is 28.3 Å². The van der Waals surface area contributed by atoms with E-state index >= 15 is 0 Å². The molecule has 0 aliphatic heterocycles. The molecule has 2 fully saturated rings. The summed E-state index contributed by atoms with van der Waals surface area (Å²) in [6.07, 6.45) is 3.43. The van der Waals surface area contributed by atoms with Crippen molar-refractivity contribution >= 4 is 21.6 Å². The molecule has 0 saturated heterocycles. The number of rotatable bonds is 2. The average molecular weight is 385 g/mol. The lowest BCUT2D eigenvalue weighted by atomic mass is 10.0. The monoisotopic (exact) mass is 385 g/mol. The molecule has 0 aromatic carbocycles. The first-order valence-electron chi connectivity index (χ1n) is 8.53. The Bertz CT molecular complexity index is 1160. The summed E-state index contributed by atoms with van der Waals surface area (Å²) in [5.41, 5.74) is 1.65. The zero-order valence-corrected chi connectivity index (χ0v) is 15.0. The second kappa shape index (κ2) is 5.39. The molecule has 3 aromatic rings. The standard InChI is InChI=1S/C18H13F2N5OS/c1-8-7-27-15-14(8)24-16(9-2-11-12(3-9)18(11,19)20)25(17(15)26)10-5-22-13(4-21)23-6-10/h5-7,9,11-12H,2-3H2,1H3/t9?,11-,12+. The van der Waals surface area contributed by atoms with E-state index in [2.05, 4.69) is 9.97 Å². The summed E-state index contributed by atoms with van der Waals surface area (Å²) in [5, 5.41) is 10.7. The predicted molar refractivity (Wildman–Crippen MR) is 94.2 cm³/mol. The number of nitriles is 1.